The van der Waals surface area contributed by atoms with Crippen LogP contribution in [0.25, 0.3) is 0 Å². The van der Waals surface area contributed by atoms with Crippen LogP contribution in [0.5, 0.6) is 0 Å². The summed E-state index contributed by atoms with van der Waals surface area (Å²) >= 11 is 0. The Bertz CT molecular complexity index is 800. The van der Waals surface area contributed by atoms with Crippen molar-refractivity contribution in [2.75, 3.05) is 0 Å². The van der Waals surface area contributed by atoms with E-state index in [0.29, 0.717) is 6.07 Å². The minimum absolute atomic E-state index is 0.564. The van der Waals surface area contributed by atoms with Crippen LogP contribution in [0.4, 0.5) is 35.1 Å². The van der Waals surface area contributed by atoms with E-state index in [1.54, 1.807) is 0 Å². The number of carbonyl (C=O) groups excluding carboxylic acids is 1. The average Bonchev–Trinajstić information content (AvgIpc) is 2.57. The summed E-state index contributed by atoms with van der Waals surface area (Å²) in [4.78, 5) is 11.7. The second-order valence-corrected chi connectivity index (χ2v) is 4.67. The highest BCUT2D eigenvalue weighted by molar-refractivity contribution is 5.91. The van der Waals surface area contributed by atoms with Gasteiger partial charge in [0.25, 0.3) is 0 Å². The average molecular weight is 370 g/mol. The zero-order valence-corrected chi connectivity index (χ0v) is 11.9. The molecule has 0 aliphatic rings. The molecule has 2 rings (SSSR count). The van der Waals surface area contributed by atoms with Crippen LogP contribution in [0.15, 0.2) is 24.3 Å². The smallest absolute Gasteiger partial charge is 0.417 e. The molecule has 0 fully saturated rings. The van der Waals surface area contributed by atoms with Crippen LogP contribution in [0.2, 0.25) is 0 Å². The van der Waals surface area contributed by atoms with Crippen molar-refractivity contribution in [2.45, 2.75) is 12.8 Å². The first-order chi connectivity index (χ1) is 11.6. The second-order valence-electron chi connectivity index (χ2n) is 4.67. The van der Waals surface area contributed by atoms with Crippen molar-refractivity contribution >= 4 is 5.97 Å². The molecule has 0 saturated heterocycles. The molecule has 10 heteroatoms. The van der Waals surface area contributed by atoms with E-state index in [2.05, 4.69) is 4.74 Å². The van der Waals surface area contributed by atoms with E-state index in [1.807, 2.05) is 0 Å². The van der Waals surface area contributed by atoms with Gasteiger partial charge in [-0.25, -0.2) is 26.7 Å². The maximum absolute atomic E-state index is 13.4. The molecule has 0 aromatic heterocycles. The van der Waals surface area contributed by atoms with Gasteiger partial charge in [0.1, 0.15) is 6.61 Å². The number of rotatable bonds is 3. The lowest BCUT2D eigenvalue weighted by Gasteiger charge is -2.13. The van der Waals surface area contributed by atoms with Crippen molar-refractivity contribution in [3.8, 4) is 0 Å². The number of halogens is 8. The molecule has 2 aromatic carbocycles. The van der Waals surface area contributed by atoms with Crippen molar-refractivity contribution in [3.63, 3.8) is 0 Å². The molecule has 0 radical (unpaired) electrons. The first kappa shape index (κ1) is 18.7. The number of alkyl halides is 3. The summed E-state index contributed by atoms with van der Waals surface area (Å²) in [6, 6.07) is 3.37. The lowest BCUT2D eigenvalue weighted by Crippen LogP contribution is -2.16. The van der Waals surface area contributed by atoms with Gasteiger partial charge in [0, 0.05) is 0 Å². The second kappa shape index (κ2) is 6.69. The van der Waals surface area contributed by atoms with Gasteiger partial charge in [-0.15, -0.1) is 0 Å². The summed E-state index contributed by atoms with van der Waals surface area (Å²) in [5.74, 6) is -13.1. The maximum Gasteiger partial charge on any atom is 0.417 e. The molecule has 134 valence electrons. The summed E-state index contributed by atoms with van der Waals surface area (Å²) in [5, 5.41) is 0. The highest BCUT2D eigenvalue weighted by Crippen LogP contribution is 2.32. The van der Waals surface area contributed by atoms with Crippen molar-refractivity contribution in [2.24, 2.45) is 0 Å². The monoisotopic (exact) mass is 370 g/mol. The molecular formula is C15H6F8O2. The minimum atomic E-state index is -4.92. The Balaban J connectivity index is 2.31. The molecule has 2 nitrogen and oxygen atoms in total. The van der Waals surface area contributed by atoms with Crippen LogP contribution in [0, 0.1) is 29.1 Å². The van der Waals surface area contributed by atoms with Gasteiger partial charge in [0.15, 0.2) is 23.3 Å². The third-order valence-corrected chi connectivity index (χ3v) is 3.10. The number of benzene rings is 2. The summed E-state index contributed by atoms with van der Waals surface area (Å²) in [5.41, 5.74) is -3.83. The predicted molar refractivity (Wildman–Crippen MR) is 66.8 cm³/mol. The van der Waals surface area contributed by atoms with E-state index >= 15 is 0 Å². The van der Waals surface area contributed by atoms with Gasteiger partial charge in [0.2, 0.25) is 5.82 Å². The summed E-state index contributed by atoms with van der Waals surface area (Å²) in [6.07, 6.45) is -4.92. The van der Waals surface area contributed by atoms with Crippen molar-refractivity contribution in [1.29, 1.82) is 0 Å². The van der Waals surface area contributed by atoms with Crippen molar-refractivity contribution in [3.05, 3.63) is 70.0 Å². The first-order valence-electron chi connectivity index (χ1n) is 6.39. The quantitative estimate of drug-likeness (QED) is 0.337. The maximum atomic E-state index is 13.4. The van der Waals surface area contributed by atoms with Crippen LogP contribution in [-0.4, -0.2) is 5.97 Å². The molecular weight excluding hydrogens is 364 g/mol. The topological polar surface area (TPSA) is 26.3 Å². The van der Waals surface area contributed by atoms with Crippen LogP contribution in [0.1, 0.15) is 21.5 Å². The van der Waals surface area contributed by atoms with E-state index in [9.17, 15) is 39.9 Å². The molecule has 0 aliphatic heterocycles. The SMILES string of the molecule is O=C(OCc1c(F)c(F)c(F)c(F)c1F)c1ccccc1C(F)(F)F. The fourth-order valence-corrected chi connectivity index (χ4v) is 1.90. The summed E-state index contributed by atoms with van der Waals surface area (Å²) in [6.45, 7) is -1.45. The van der Waals surface area contributed by atoms with Gasteiger partial charge in [-0.05, 0) is 12.1 Å². The Labute approximate surface area is 134 Å². The largest absolute Gasteiger partial charge is 0.457 e. The number of carbonyl (C=O) groups is 1. The van der Waals surface area contributed by atoms with Crippen LogP contribution in [-0.2, 0) is 17.5 Å². The van der Waals surface area contributed by atoms with Crippen LogP contribution < -0.4 is 0 Å². The number of ether oxygens (including phenoxy) is 1. The fraction of sp³-hybridized carbons (Fsp3) is 0.133. The molecule has 0 heterocycles. The van der Waals surface area contributed by atoms with Gasteiger partial charge in [0.05, 0.1) is 16.7 Å². The number of hydrogen-bond acceptors (Lipinski definition) is 2. The normalized spacial score (nSPS) is 11.5. The highest BCUT2D eigenvalue weighted by Gasteiger charge is 2.35. The standard InChI is InChI=1S/C15H6F8O2/c16-9-7(10(17)12(19)13(20)11(9)18)5-25-14(24)6-3-1-2-4-8(6)15(21,22)23/h1-4H,5H2. The minimum Gasteiger partial charge on any atom is -0.457 e. The van der Waals surface area contributed by atoms with Crippen molar-refractivity contribution < 1.29 is 44.7 Å². The van der Waals surface area contributed by atoms with Crippen molar-refractivity contribution in [1.82, 2.24) is 0 Å². The zero-order chi connectivity index (χ0) is 18.9. The van der Waals surface area contributed by atoms with E-state index in [4.69, 9.17) is 0 Å². The lowest BCUT2D eigenvalue weighted by molar-refractivity contribution is -0.138. The summed E-state index contributed by atoms with van der Waals surface area (Å²) in [7, 11) is 0. The molecule has 0 N–H and O–H groups in total. The van der Waals surface area contributed by atoms with Gasteiger partial charge >= 0.3 is 12.1 Å². The Morgan fingerprint density at radius 2 is 1.32 bits per heavy atom. The highest BCUT2D eigenvalue weighted by atomic mass is 19.4. The third-order valence-electron chi connectivity index (χ3n) is 3.10. The van der Waals surface area contributed by atoms with Crippen LogP contribution in [0.3, 0.4) is 0 Å². The molecule has 0 amide bonds. The Kier molecular flexibility index (Phi) is 5.00. The molecule has 0 saturated carbocycles. The molecule has 0 aliphatic carbocycles. The fourth-order valence-electron chi connectivity index (χ4n) is 1.90. The van der Waals surface area contributed by atoms with Gasteiger partial charge < -0.3 is 4.74 Å². The van der Waals surface area contributed by atoms with E-state index < -0.39 is 64.5 Å². The molecule has 2 aromatic rings. The van der Waals surface area contributed by atoms with Gasteiger partial charge in [-0.1, -0.05) is 12.1 Å². The number of hydrogen-bond donors (Lipinski definition) is 0. The van der Waals surface area contributed by atoms with E-state index in [1.165, 1.54) is 0 Å². The van der Waals surface area contributed by atoms with Gasteiger partial charge in [-0.3, -0.25) is 0 Å². The van der Waals surface area contributed by atoms with E-state index in [0.717, 1.165) is 18.2 Å². The van der Waals surface area contributed by atoms with E-state index in [-0.39, 0.29) is 0 Å². The Morgan fingerprint density at radius 1 is 0.840 bits per heavy atom. The predicted octanol–water partition coefficient (Wildman–Crippen LogP) is 4.76. The summed E-state index contributed by atoms with van der Waals surface area (Å²) < 4.78 is 108. The lowest BCUT2D eigenvalue weighted by atomic mass is 10.1. The Morgan fingerprint density at radius 3 is 1.84 bits per heavy atom. The molecule has 0 bridgehead atoms. The molecule has 0 unspecified atom stereocenters. The zero-order valence-electron chi connectivity index (χ0n) is 11.9. The van der Waals surface area contributed by atoms with Gasteiger partial charge in [-0.2, -0.15) is 13.2 Å². The molecule has 0 spiro atoms. The molecule has 25 heavy (non-hydrogen) atoms. The number of esters is 1. The van der Waals surface area contributed by atoms with Crippen LogP contribution >= 0.6 is 0 Å². The third kappa shape index (κ3) is 3.57. The Hall–Kier alpha value is -2.65. The first-order valence-corrected chi connectivity index (χ1v) is 6.39. The molecule has 0 atom stereocenters.